The quantitative estimate of drug-likeness (QED) is 0.577. The standard InChI is InChI=1S/C12H23NO4/c1-7(2)8(3)12(13,9(14)15)10(16)17-11(4,5)6/h7-8H,13H2,1-6H3,(H,14,15). The van der Waals surface area contributed by atoms with Gasteiger partial charge in [0.2, 0.25) is 5.54 Å². The van der Waals surface area contributed by atoms with E-state index in [0.717, 1.165) is 0 Å². The molecule has 0 aromatic rings. The van der Waals surface area contributed by atoms with Gasteiger partial charge >= 0.3 is 11.9 Å². The van der Waals surface area contributed by atoms with Crippen LogP contribution in [0.25, 0.3) is 0 Å². The summed E-state index contributed by atoms with van der Waals surface area (Å²) in [5, 5.41) is 9.19. The summed E-state index contributed by atoms with van der Waals surface area (Å²) >= 11 is 0. The first kappa shape index (κ1) is 15.9. The molecule has 0 amide bonds. The van der Waals surface area contributed by atoms with Gasteiger partial charge in [0.05, 0.1) is 0 Å². The molecule has 0 heterocycles. The van der Waals surface area contributed by atoms with E-state index in [1.54, 1.807) is 27.7 Å². The molecule has 0 aliphatic heterocycles. The van der Waals surface area contributed by atoms with Crippen LogP contribution in [0.15, 0.2) is 0 Å². The summed E-state index contributed by atoms with van der Waals surface area (Å²) < 4.78 is 5.09. The van der Waals surface area contributed by atoms with E-state index in [0.29, 0.717) is 0 Å². The van der Waals surface area contributed by atoms with Crippen LogP contribution in [0.4, 0.5) is 0 Å². The molecule has 0 rings (SSSR count). The maximum atomic E-state index is 11.9. The van der Waals surface area contributed by atoms with Gasteiger partial charge in [-0.1, -0.05) is 20.8 Å². The topological polar surface area (TPSA) is 89.6 Å². The lowest BCUT2D eigenvalue weighted by Gasteiger charge is -2.34. The Balaban J connectivity index is 5.23. The summed E-state index contributed by atoms with van der Waals surface area (Å²) in [4.78, 5) is 23.2. The highest BCUT2D eigenvalue weighted by Gasteiger charge is 2.50. The molecule has 0 fully saturated rings. The highest BCUT2D eigenvalue weighted by atomic mass is 16.6. The molecule has 100 valence electrons. The number of carboxylic acids is 1. The van der Waals surface area contributed by atoms with Crippen molar-refractivity contribution in [1.29, 1.82) is 0 Å². The number of rotatable bonds is 4. The van der Waals surface area contributed by atoms with Crippen molar-refractivity contribution in [3.63, 3.8) is 0 Å². The first-order chi connectivity index (χ1) is 7.43. The van der Waals surface area contributed by atoms with Crippen molar-refractivity contribution in [3.8, 4) is 0 Å². The van der Waals surface area contributed by atoms with Crippen molar-refractivity contribution in [2.24, 2.45) is 17.6 Å². The number of ether oxygens (including phenoxy) is 1. The number of nitrogens with two attached hydrogens (primary N) is 1. The molecule has 2 atom stereocenters. The van der Waals surface area contributed by atoms with Crippen LogP contribution in [0.2, 0.25) is 0 Å². The van der Waals surface area contributed by atoms with Crippen molar-refractivity contribution in [2.75, 3.05) is 0 Å². The molecular formula is C12H23NO4. The molecule has 5 heteroatoms. The van der Waals surface area contributed by atoms with Crippen LogP contribution in [0.5, 0.6) is 0 Å². The molecule has 0 saturated heterocycles. The Morgan fingerprint density at radius 2 is 1.59 bits per heavy atom. The Labute approximate surface area is 102 Å². The van der Waals surface area contributed by atoms with Crippen molar-refractivity contribution in [2.45, 2.75) is 52.7 Å². The number of hydrogen-bond acceptors (Lipinski definition) is 4. The molecule has 0 saturated carbocycles. The summed E-state index contributed by atoms with van der Waals surface area (Å²) in [6, 6.07) is 0. The molecule has 0 aliphatic rings. The molecule has 0 aromatic heterocycles. The summed E-state index contributed by atoms with van der Waals surface area (Å²) in [5.41, 5.74) is 3.01. The second-order valence-corrected chi connectivity index (χ2v) is 5.71. The normalized spacial score (nSPS) is 17.4. The molecule has 0 radical (unpaired) electrons. The molecule has 2 unspecified atom stereocenters. The number of aliphatic carboxylic acids is 1. The van der Waals surface area contributed by atoms with Crippen molar-refractivity contribution < 1.29 is 19.4 Å². The molecule has 5 nitrogen and oxygen atoms in total. The summed E-state index contributed by atoms with van der Waals surface area (Å²) in [5.74, 6) is -2.80. The second kappa shape index (κ2) is 5.04. The van der Waals surface area contributed by atoms with E-state index in [1.807, 2.05) is 13.8 Å². The highest BCUT2D eigenvalue weighted by molar-refractivity contribution is 6.04. The first-order valence-corrected chi connectivity index (χ1v) is 5.68. The third-order valence-electron chi connectivity index (χ3n) is 2.81. The van der Waals surface area contributed by atoms with E-state index < -0.39 is 29.0 Å². The summed E-state index contributed by atoms with van der Waals surface area (Å²) in [6.45, 7) is 10.3. The lowest BCUT2D eigenvalue weighted by Crippen LogP contribution is -2.62. The molecule has 0 bridgehead atoms. The average molecular weight is 245 g/mol. The SMILES string of the molecule is CC(C)C(C)C(N)(C(=O)O)C(=O)OC(C)(C)C. The van der Waals surface area contributed by atoms with Crippen LogP contribution in [-0.2, 0) is 14.3 Å². The molecule has 0 aromatic carbocycles. The zero-order valence-electron chi connectivity index (χ0n) is 11.4. The Kier molecular flexibility index (Phi) is 4.71. The van der Waals surface area contributed by atoms with E-state index in [4.69, 9.17) is 10.5 Å². The van der Waals surface area contributed by atoms with Crippen LogP contribution < -0.4 is 5.73 Å². The number of esters is 1. The van der Waals surface area contributed by atoms with Gasteiger partial charge in [0.15, 0.2) is 0 Å². The van der Waals surface area contributed by atoms with Gasteiger partial charge in [-0.05, 0) is 32.6 Å². The molecular weight excluding hydrogens is 222 g/mol. The molecule has 3 N–H and O–H groups in total. The van der Waals surface area contributed by atoms with Gasteiger partial charge < -0.3 is 15.6 Å². The smallest absolute Gasteiger partial charge is 0.338 e. The number of carbonyl (C=O) groups is 2. The van der Waals surface area contributed by atoms with Crippen LogP contribution in [-0.4, -0.2) is 28.2 Å². The minimum atomic E-state index is -2.00. The maximum absolute atomic E-state index is 11.9. The predicted octanol–water partition coefficient (Wildman–Crippen LogP) is 1.40. The van der Waals surface area contributed by atoms with Gasteiger partial charge in [-0.25, -0.2) is 9.59 Å². The molecule has 17 heavy (non-hydrogen) atoms. The second-order valence-electron chi connectivity index (χ2n) is 5.71. The van der Waals surface area contributed by atoms with Gasteiger partial charge in [0.25, 0.3) is 0 Å². The predicted molar refractivity (Wildman–Crippen MR) is 64.4 cm³/mol. The fourth-order valence-corrected chi connectivity index (χ4v) is 1.36. The Hall–Kier alpha value is -1.10. The van der Waals surface area contributed by atoms with Crippen LogP contribution >= 0.6 is 0 Å². The summed E-state index contributed by atoms with van der Waals surface area (Å²) in [6.07, 6.45) is 0. The fourth-order valence-electron chi connectivity index (χ4n) is 1.36. The summed E-state index contributed by atoms with van der Waals surface area (Å²) in [7, 11) is 0. The lowest BCUT2D eigenvalue weighted by atomic mass is 9.78. The van der Waals surface area contributed by atoms with Crippen LogP contribution in [0.3, 0.4) is 0 Å². The fraction of sp³-hybridized carbons (Fsp3) is 0.833. The van der Waals surface area contributed by atoms with Gasteiger partial charge in [-0.3, -0.25) is 0 Å². The Morgan fingerprint density at radius 1 is 1.18 bits per heavy atom. The zero-order valence-corrected chi connectivity index (χ0v) is 11.4. The van der Waals surface area contributed by atoms with Gasteiger partial charge in [-0.15, -0.1) is 0 Å². The van der Waals surface area contributed by atoms with Crippen molar-refractivity contribution in [1.82, 2.24) is 0 Å². The number of hydrogen-bond donors (Lipinski definition) is 2. The van der Waals surface area contributed by atoms with Gasteiger partial charge in [-0.2, -0.15) is 0 Å². The molecule has 0 aliphatic carbocycles. The Bertz CT molecular complexity index is 306. The zero-order chi connectivity index (χ0) is 14.0. The number of carbonyl (C=O) groups excluding carboxylic acids is 1. The van der Waals surface area contributed by atoms with Crippen molar-refractivity contribution >= 4 is 11.9 Å². The monoisotopic (exact) mass is 245 g/mol. The lowest BCUT2D eigenvalue weighted by molar-refractivity contribution is -0.172. The first-order valence-electron chi connectivity index (χ1n) is 5.68. The van der Waals surface area contributed by atoms with E-state index in [-0.39, 0.29) is 5.92 Å². The third kappa shape index (κ3) is 3.70. The van der Waals surface area contributed by atoms with Gasteiger partial charge in [0, 0.05) is 0 Å². The minimum Gasteiger partial charge on any atom is -0.479 e. The van der Waals surface area contributed by atoms with Crippen LogP contribution in [0, 0.1) is 11.8 Å². The molecule has 0 spiro atoms. The Morgan fingerprint density at radius 3 is 1.82 bits per heavy atom. The van der Waals surface area contributed by atoms with Crippen molar-refractivity contribution in [3.05, 3.63) is 0 Å². The van der Waals surface area contributed by atoms with E-state index in [2.05, 4.69) is 0 Å². The van der Waals surface area contributed by atoms with Gasteiger partial charge in [0.1, 0.15) is 5.60 Å². The van der Waals surface area contributed by atoms with Crippen LogP contribution in [0.1, 0.15) is 41.5 Å². The largest absolute Gasteiger partial charge is 0.479 e. The minimum absolute atomic E-state index is 0.0383. The number of carboxylic acid groups (broad SMARTS) is 1. The average Bonchev–Trinajstić information content (AvgIpc) is 2.11. The van der Waals surface area contributed by atoms with E-state index >= 15 is 0 Å². The van der Waals surface area contributed by atoms with E-state index in [9.17, 15) is 14.7 Å². The highest BCUT2D eigenvalue weighted by Crippen LogP contribution is 2.26. The maximum Gasteiger partial charge on any atom is 0.338 e. The van der Waals surface area contributed by atoms with E-state index in [1.165, 1.54) is 0 Å². The third-order valence-corrected chi connectivity index (χ3v) is 2.81.